The molecule has 0 radical (unpaired) electrons. The van der Waals surface area contributed by atoms with Crippen LogP contribution in [0.25, 0.3) is 0 Å². The number of anilines is 1. The summed E-state index contributed by atoms with van der Waals surface area (Å²) in [5.74, 6) is 0.850. The van der Waals surface area contributed by atoms with Gasteiger partial charge in [-0.05, 0) is 43.0 Å². The number of benzene rings is 1. The van der Waals surface area contributed by atoms with Gasteiger partial charge in [-0.1, -0.05) is 20.3 Å². The second kappa shape index (κ2) is 5.31. The SMILES string of the molecule is CCS(=O)(=O)c1ccc(NC2CCCC2C)cc1. The van der Waals surface area contributed by atoms with E-state index in [1.165, 1.54) is 19.3 Å². The van der Waals surface area contributed by atoms with Crippen LogP contribution >= 0.6 is 0 Å². The van der Waals surface area contributed by atoms with E-state index in [-0.39, 0.29) is 5.75 Å². The molecule has 3 nitrogen and oxygen atoms in total. The van der Waals surface area contributed by atoms with Gasteiger partial charge in [-0.25, -0.2) is 8.42 Å². The Morgan fingerprint density at radius 1 is 1.22 bits per heavy atom. The van der Waals surface area contributed by atoms with Crippen molar-refractivity contribution in [1.29, 1.82) is 0 Å². The largest absolute Gasteiger partial charge is 0.382 e. The highest BCUT2D eigenvalue weighted by molar-refractivity contribution is 7.91. The van der Waals surface area contributed by atoms with Gasteiger partial charge in [-0.2, -0.15) is 0 Å². The van der Waals surface area contributed by atoms with Gasteiger partial charge in [0.25, 0.3) is 0 Å². The molecule has 18 heavy (non-hydrogen) atoms. The van der Waals surface area contributed by atoms with Crippen molar-refractivity contribution in [3.8, 4) is 0 Å². The van der Waals surface area contributed by atoms with Gasteiger partial charge < -0.3 is 5.32 Å². The summed E-state index contributed by atoms with van der Waals surface area (Å²) in [7, 11) is -3.08. The van der Waals surface area contributed by atoms with E-state index >= 15 is 0 Å². The van der Waals surface area contributed by atoms with Crippen molar-refractivity contribution >= 4 is 15.5 Å². The highest BCUT2D eigenvalue weighted by atomic mass is 32.2. The van der Waals surface area contributed by atoms with Crippen LogP contribution in [0.2, 0.25) is 0 Å². The van der Waals surface area contributed by atoms with E-state index in [9.17, 15) is 8.42 Å². The van der Waals surface area contributed by atoms with Gasteiger partial charge >= 0.3 is 0 Å². The summed E-state index contributed by atoms with van der Waals surface area (Å²) in [5.41, 5.74) is 1.02. The predicted molar refractivity (Wildman–Crippen MR) is 74.6 cm³/mol. The molecule has 0 aromatic heterocycles. The number of sulfone groups is 1. The molecule has 1 aliphatic rings. The summed E-state index contributed by atoms with van der Waals surface area (Å²) in [4.78, 5) is 0.412. The molecule has 0 heterocycles. The van der Waals surface area contributed by atoms with Gasteiger partial charge in [0.2, 0.25) is 0 Å². The zero-order chi connectivity index (χ0) is 13.2. The number of rotatable bonds is 4. The van der Waals surface area contributed by atoms with Crippen molar-refractivity contribution in [2.75, 3.05) is 11.1 Å². The first-order valence-corrected chi connectivity index (χ1v) is 8.27. The summed E-state index contributed by atoms with van der Waals surface area (Å²) in [6.45, 7) is 3.93. The molecule has 1 aromatic rings. The van der Waals surface area contributed by atoms with Crippen LogP contribution in [0.5, 0.6) is 0 Å². The van der Waals surface area contributed by atoms with Gasteiger partial charge in [0, 0.05) is 11.7 Å². The molecule has 1 aromatic carbocycles. The predicted octanol–water partition coefficient (Wildman–Crippen LogP) is 3.08. The van der Waals surface area contributed by atoms with Crippen molar-refractivity contribution in [3.63, 3.8) is 0 Å². The molecular formula is C14H21NO2S. The maximum Gasteiger partial charge on any atom is 0.178 e. The minimum absolute atomic E-state index is 0.152. The maximum absolute atomic E-state index is 11.7. The molecular weight excluding hydrogens is 246 g/mol. The van der Waals surface area contributed by atoms with Crippen LogP contribution in [-0.4, -0.2) is 20.2 Å². The number of hydrogen-bond acceptors (Lipinski definition) is 3. The second-order valence-corrected chi connectivity index (χ2v) is 7.37. The first-order chi connectivity index (χ1) is 8.53. The first-order valence-electron chi connectivity index (χ1n) is 6.62. The topological polar surface area (TPSA) is 46.2 Å². The normalized spacial score (nSPS) is 24.1. The Morgan fingerprint density at radius 3 is 2.39 bits per heavy atom. The van der Waals surface area contributed by atoms with Crippen molar-refractivity contribution in [2.24, 2.45) is 5.92 Å². The smallest absolute Gasteiger partial charge is 0.178 e. The highest BCUT2D eigenvalue weighted by Crippen LogP contribution is 2.28. The van der Waals surface area contributed by atoms with E-state index in [1.54, 1.807) is 19.1 Å². The van der Waals surface area contributed by atoms with Gasteiger partial charge in [0.05, 0.1) is 10.6 Å². The Hall–Kier alpha value is -1.03. The van der Waals surface area contributed by atoms with Crippen molar-refractivity contribution in [3.05, 3.63) is 24.3 Å². The van der Waals surface area contributed by atoms with Crippen LogP contribution in [0.1, 0.15) is 33.1 Å². The van der Waals surface area contributed by atoms with Crippen LogP contribution < -0.4 is 5.32 Å². The molecule has 100 valence electrons. The van der Waals surface area contributed by atoms with Gasteiger partial charge in [0.15, 0.2) is 9.84 Å². The molecule has 1 fully saturated rings. The van der Waals surface area contributed by atoms with E-state index in [0.29, 0.717) is 16.9 Å². The monoisotopic (exact) mass is 267 g/mol. The Morgan fingerprint density at radius 2 is 1.89 bits per heavy atom. The fourth-order valence-electron chi connectivity index (χ4n) is 2.50. The summed E-state index contributed by atoms with van der Waals surface area (Å²) in [6, 6.07) is 7.65. The second-order valence-electron chi connectivity index (χ2n) is 5.09. The third kappa shape index (κ3) is 2.86. The first kappa shape index (κ1) is 13.4. The number of nitrogens with one attached hydrogen (secondary N) is 1. The Kier molecular flexibility index (Phi) is 3.95. The average Bonchev–Trinajstić information content (AvgIpc) is 2.76. The lowest BCUT2D eigenvalue weighted by Gasteiger charge is -2.18. The molecule has 1 aliphatic carbocycles. The molecule has 2 unspecified atom stereocenters. The summed E-state index contributed by atoms with van der Waals surface area (Å²) in [5, 5.41) is 3.49. The molecule has 0 amide bonds. The lowest BCUT2D eigenvalue weighted by Crippen LogP contribution is -2.21. The fourth-order valence-corrected chi connectivity index (χ4v) is 3.38. The van der Waals surface area contributed by atoms with Crippen LogP contribution in [-0.2, 0) is 9.84 Å². The third-order valence-electron chi connectivity index (χ3n) is 3.81. The maximum atomic E-state index is 11.7. The average molecular weight is 267 g/mol. The van der Waals surface area contributed by atoms with Crippen molar-refractivity contribution in [1.82, 2.24) is 0 Å². The summed E-state index contributed by atoms with van der Waals surface area (Å²) >= 11 is 0. The molecule has 4 heteroatoms. The lowest BCUT2D eigenvalue weighted by atomic mass is 10.1. The zero-order valence-corrected chi connectivity index (χ0v) is 11.8. The van der Waals surface area contributed by atoms with Crippen LogP contribution in [0, 0.1) is 5.92 Å². The van der Waals surface area contributed by atoms with Crippen LogP contribution in [0.15, 0.2) is 29.2 Å². The fraction of sp³-hybridized carbons (Fsp3) is 0.571. The Balaban J connectivity index is 2.08. The van der Waals surface area contributed by atoms with Gasteiger partial charge in [-0.3, -0.25) is 0 Å². The highest BCUT2D eigenvalue weighted by Gasteiger charge is 2.22. The summed E-state index contributed by atoms with van der Waals surface area (Å²) in [6.07, 6.45) is 3.76. The van der Waals surface area contributed by atoms with Gasteiger partial charge in [-0.15, -0.1) is 0 Å². The quantitative estimate of drug-likeness (QED) is 0.912. The van der Waals surface area contributed by atoms with Crippen molar-refractivity contribution < 1.29 is 8.42 Å². The van der Waals surface area contributed by atoms with E-state index in [4.69, 9.17) is 0 Å². The molecule has 0 saturated heterocycles. The van der Waals surface area contributed by atoms with Crippen molar-refractivity contribution in [2.45, 2.75) is 44.0 Å². The summed E-state index contributed by atoms with van der Waals surface area (Å²) < 4.78 is 23.4. The third-order valence-corrected chi connectivity index (χ3v) is 5.56. The van der Waals surface area contributed by atoms with Gasteiger partial charge in [0.1, 0.15) is 0 Å². The number of hydrogen-bond donors (Lipinski definition) is 1. The molecule has 1 saturated carbocycles. The zero-order valence-electron chi connectivity index (χ0n) is 11.0. The van der Waals surface area contributed by atoms with Crippen LogP contribution in [0.3, 0.4) is 0 Å². The molecule has 1 N–H and O–H groups in total. The lowest BCUT2D eigenvalue weighted by molar-refractivity contribution is 0.556. The minimum atomic E-state index is -3.08. The van der Waals surface area contributed by atoms with E-state index < -0.39 is 9.84 Å². The Labute approximate surface area is 110 Å². The molecule has 0 spiro atoms. The minimum Gasteiger partial charge on any atom is -0.382 e. The van der Waals surface area contributed by atoms with E-state index in [0.717, 1.165) is 5.69 Å². The van der Waals surface area contributed by atoms with E-state index in [2.05, 4.69) is 12.2 Å². The molecule has 2 atom stereocenters. The molecule has 0 bridgehead atoms. The van der Waals surface area contributed by atoms with E-state index in [1.807, 2.05) is 12.1 Å². The standard InChI is InChI=1S/C14H21NO2S/c1-3-18(16,17)13-9-7-12(8-10-13)15-14-6-4-5-11(14)2/h7-11,14-15H,3-6H2,1-2H3. The molecule has 0 aliphatic heterocycles. The van der Waals surface area contributed by atoms with Crippen LogP contribution in [0.4, 0.5) is 5.69 Å². The Bertz CT molecular complexity index is 493. The molecule has 2 rings (SSSR count).